The number of hydroxylamine groups is 1. The molecule has 2 bridgehead atoms. The van der Waals surface area contributed by atoms with Gasteiger partial charge >= 0.3 is 7.12 Å². The smallest absolute Gasteiger partial charge is 0.404 e. The van der Waals surface area contributed by atoms with Gasteiger partial charge in [-0.1, -0.05) is 58.0 Å². The van der Waals surface area contributed by atoms with Crippen molar-refractivity contribution < 1.29 is 33.3 Å². The third-order valence-corrected chi connectivity index (χ3v) is 11.1. The molecule has 7 rings (SSSR count). The zero-order valence-corrected chi connectivity index (χ0v) is 28.8. The van der Waals surface area contributed by atoms with E-state index in [0.717, 1.165) is 37.7 Å². The van der Waals surface area contributed by atoms with Crippen LogP contribution in [0.2, 0.25) is 0 Å². The molecule has 3 saturated carbocycles. The van der Waals surface area contributed by atoms with E-state index in [4.69, 9.17) is 18.9 Å². The Balaban J connectivity index is 1.13. The Morgan fingerprint density at radius 3 is 2.29 bits per heavy atom. The molecular formula is C37H50BN3O7. The van der Waals surface area contributed by atoms with Crippen molar-refractivity contribution in [3.63, 3.8) is 0 Å². The van der Waals surface area contributed by atoms with Crippen molar-refractivity contribution in [2.24, 2.45) is 23.2 Å². The average Bonchev–Trinajstić information content (AvgIpc) is 3.44. The van der Waals surface area contributed by atoms with Crippen molar-refractivity contribution in [1.29, 1.82) is 0 Å². The van der Waals surface area contributed by atoms with E-state index >= 15 is 0 Å². The minimum atomic E-state index is -0.854. The van der Waals surface area contributed by atoms with Gasteiger partial charge in [-0.3, -0.25) is 14.4 Å². The van der Waals surface area contributed by atoms with Crippen LogP contribution < -0.4 is 16.1 Å². The van der Waals surface area contributed by atoms with E-state index < -0.39 is 31.3 Å². The standard InChI is InChI=1S/C37H50BN3O7/c1-23(2)19-31(38-46-30-22-27-21-29(36(27,3)4)37(30,5)48-38)40-35(44)28(20-24-11-7-6-8-12-24)39-33(42)25-14-16-26(17-15-25)34(43)41-47-32-13-9-10-18-45-32/h6-8,11-12,14-17,23,27-32H,9-10,13,18-22H2,1-5H3,(H,39,42)(H,40,44)(H,41,43)/t27-,28?,29-,30?,31+,32?,37-/m1/s1. The lowest BCUT2D eigenvalue weighted by molar-refractivity contribution is -0.199. The van der Waals surface area contributed by atoms with Crippen LogP contribution in [0.15, 0.2) is 54.6 Å². The van der Waals surface area contributed by atoms with Crippen molar-refractivity contribution in [3.05, 3.63) is 71.3 Å². The van der Waals surface area contributed by atoms with Crippen molar-refractivity contribution in [2.45, 2.75) is 110 Å². The molecule has 5 aliphatic rings. The highest BCUT2D eigenvalue weighted by atomic mass is 16.8. The average molecular weight is 660 g/mol. The molecule has 0 radical (unpaired) electrons. The number of amides is 3. The highest BCUT2D eigenvalue weighted by Gasteiger charge is 2.68. The number of nitrogens with one attached hydrogen (secondary N) is 3. The van der Waals surface area contributed by atoms with Crippen molar-refractivity contribution >= 4 is 24.8 Å². The first-order valence-electron chi connectivity index (χ1n) is 17.6. The molecule has 48 heavy (non-hydrogen) atoms. The Hall–Kier alpha value is -3.25. The first kappa shape index (κ1) is 34.6. The van der Waals surface area contributed by atoms with Gasteiger partial charge in [0, 0.05) is 30.6 Å². The summed E-state index contributed by atoms with van der Waals surface area (Å²) >= 11 is 0. The summed E-state index contributed by atoms with van der Waals surface area (Å²) in [5.74, 6) is -0.211. The van der Waals surface area contributed by atoms with Crippen molar-refractivity contribution in [1.82, 2.24) is 16.1 Å². The Bertz CT molecular complexity index is 1450. The number of carbonyl (C=O) groups excluding carboxylic acids is 3. The summed E-state index contributed by atoms with van der Waals surface area (Å²) in [5, 5.41) is 6.18. The maximum absolute atomic E-state index is 14.1. The molecule has 0 aromatic heterocycles. The molecule has 2 aromatic rings. The lowest BCUT2D eigenvalue weighted by Gasteiger charge is -2.64. The minimum absolute atomic E-state index is 0.00265. The summed E-state index contributed by atoms with van der Waals surface area (Å²) < 4.78 is 18.8. The van der Waals surface area contributed by atoms with Crippen molar-refractivity contribution in [2.75, 3.05) is 6.61 Å². The molecule has 7 atom stereocenters. The predicted octanol–water partition coefficient (Wildman–Crippen LogP) is 5.01. The first-order chi connectivity index (χ1) is 22.9. The van der Waals surface area contributed by atoms with Gasteiger partial charge in [0.05, 0.1) is 17.6 Å². The second-order valence-corrected chi connectivity index (χ2v) is 15.2. The summed E-state index contributed by atoms with van der Waals surface area (Å²) in [5.41, 5.74) is 3.84. The van der Waals surface area contributed by atoms with Gasteiger partial charge in [-0.25, -0.2) is 10.3 Å². The molecule has 3 amide bonds. The minimum Gasteiger partial charge on any atom is -0.404 e. The fourth-order valence-corrected chi connectivity index (χ4v) is 8.16. The van der Waals surface area contributed by atoms with Gasteiger partial charge < -0.3 is 24.7 Å². The largest absolute Gasteiger partial charge is 0.481 e. The third-order valence-electron chi connectivity index (χ3n) is 11.1. The number of ether oxygens (including phenoxy) is 1. The van der Waals surface area contributed by atoms with Crippen LogP contribution in [0.3, 0.4) is 0 Å². The van der Waals surface area contributed by atoms with E-state index in [-0.39, 0.29) is 34.9 Å². The van der Waals surface area contributed by atoms with Crippen LogP contribution >= 0.6 is 0 Å². The summed E-state index contributed by atoms with van der Waals surface area (Å²) in [4.78, 5) is 45.6. The van der Waals surface area contributed by atoms with Crippen LogP contribution in [-0.2, 0) is 30.1 Å². The van der Waals surface area contributed by atoms with Gasteiger partial charge in [0.15, 0.2) is 6.29 Å². The summed E-state index contributed by atoms with van der Waals surface area (Å²) in [7, 11) is -0.568. The van der Waals surface area contributed by atoms with Crippen LogP contribution in [0, 0.1) is 23.2 Å². The topological polar surface area (TPSA) is 124 Å². The molecular weight excluding hydrogens is 609 g/mol. The molecule has 3 aliphatic carbocycles. The van der Waals surface area contributed by atoms with Crippen LogP contribution in [0.25, 0.3) is 0 Å². The molecule has 258 valence electrons. The zero-order chi connectivity index (χ0) is 34.1. The monoisotopic (exact) mass is 659 g/mol. The third kappa shape index (κ3) is 7.34. The van der Waals surface area contributed by atoms with Gasteiger partial charge in [-0.05, 0) is 92.0 Å². The fourth-order valence-electron chi connectivity index (χ4n) is 8.16. The number of carbonyl (C=O) groups is 3. The maximum atomic E-state index is 14.1. The Morgan fingerprint density at radius 2 is 1.65 bits per heavy atom. The Labute approximate surface area is 284 Å². The number of benzene rings is 2. The highest BCUT2D eigenvalue weighted by molar-refractivity contribution is 6.48. The fraction of sp³-hybridized carbons (Fsp3) is 0.595. The second-order valence-electron chi connectivity index (χ2n) is 15.2. The van der Waals surface area contributed by atoms with Gasteiger partial charge in [0.2, 0.25) is 5.91 Å². The zero-order valence-electron chi connectivity index (χ0n) is 28.8. The molecule has 11 heteroatoms. The second kappa shape index (κ2) is 14.3. The lowest BCUT2D eigenvalue weighted by atomic mass is 9.43. The number of rotatable bonds is 12. The Morgan fingerprint density at radius 1 is 0.938 bits per heavy atom. The molecule has 2 heterocycles. The molecule has 2 aliphatic heterocycles. The number of hydrogen-bond donors (Lipinski definition) is 3. The molecule has 5 fully saturated rings. The highest BCUT2D eigenvalue weighted by Crippen LogP contribution is 2.65. The molecule has 2 aromatic carbocycles. The molecule has 3 N–H and O–H groups in total. The lowest BCUT2D eigenvalue weighted by Crippen LogP contribution is -2.65. The predicted molar refractivity (Wildman–Crippen MR) is 181 cm³/mol. The van der Waals surface area contributed by atoms with E-state index in [1.807, 2.05) is 30.3 Å². The van der Waals surface area contributed by atoms with E-state index in [2.05, 4.69) is 50.7 Å². The SMILES string of the molecule is CC(C)C[C@H](NC(=O)C(Cc1ccccc1)NC(=O)c1ccc(C(=O)NOC2CCCCO2)cc1)B1OC2C[C@H]3C[C@H](C3(C)C)[C@@]2(C)O1. The quantitative estimate of drug-likeness (QED) is 0.216. The van der Waals surface area contributed by atoms with Crippen LogP contribution in [0.5, 0.6) is 0 Å². The van der Waals surface area contributed by atoms with Gasteiger partial charge in [0.1, 0.15) is 6.04 Å². The molecule has 0 spiro atoms. The van der Waals surface area contributed by atoms with Crippen molar-refractivity contribution in [3.8, 4) is 0 Å². The molecule has 10 nitrogen and oxygen atoms in total. The van der Waals surface area contributed by atoms with E-state index in [1.54, 1.807) is 24.3 Å². The van der Waals surface area contributed by atoms with Gasteiger partial charge in [-0.2, -0.15) is 0 Å². The van der Waals surface area contributed by atoms with Gasteiger partial charge in [-0.15, -0.1) is 0 Å². The van der Waals surface area contributed by atoms with Crippen LogP contribution in [-0.4, -0.2) is 61.4 Å². The maximum Gasteiger partial charge on any atom is 0.481 e. The molecule has 2 saturated heterocycles. The van der Waals surface area contributed by atoms with Crippen LogP contribution in [0.1, 0.15) is 99.4 Å². The summed E-state index contributed by atoms with van der Waals surface area (Å²) in [6.45, 7) is 11.7. The molecule has 3 unspecified atom stereocenters. The van der Waals surface area contributed by atoms with E-state index in [9.17, 15) is 14.4 Å². The number of hydrogen-bond acceptors (Lipinski definition) is 7. The summed E-state index contributed by atoms with van der Waals surface area (Å²) in [6.07, 6.45) is 5.31. The van der Waals surface area contributed by atoms with E-state index in [1.165, 1.54) is 0 Å². The van der Waals surface area contributed by atoms with Crippen LogP contribution in [0.4, 0.5) is 0 Å². The first-order valence-corrected chi connectivity index (χ1v) is 17.6. The Kier molecular flexibility index (Phi) is 10.3. The normalized spacial score (nSPS) is 28.5. The van der Waals surface area contributed by atoms with Gasteiger partial charge in [0.25, 0.3) is 11.8 Å². The summed E-state index contributed by atoms with van der Waals surface area (Å²) in [6, 6.07) is 15.0. The van der Waals surface area contributed by atoms with E-state index in [0.29, 0.717) is 42.4 Å².